The van der Waals surface area contributed by atoms with Crippen molar-refractivity contribution in [2.45, 2.75) is 57.3 Å². The Morgan fingerprint density at radius 3 is 2.12 bits per heavy atom. The molecule has 0 aromatic rings. The van der Waals surface area contributed by atoms with Gasteiger partial charge in [-0.05, 0) is 6.42 Å². The predicted octanol–water partition coefficient (Wildman–Crippen LogP) is -2.24. The summed E-state index contributed by atoms with van der Waals surface area (Å²) in [4.78, 5) is 17.0. The lowest BCUT2D eigenvalue weighted by Gasteiger charge is -2.66. The minimum Gasteiger partial charge on any atom is -0.394 e. The molecule has 6 atom stereocenters. The van der Waals surface area contributed by atoms with Crippen LogP contribution in [0.2, 0.25) is 0 Å². The highest BCUT2D eigenvalue weighted by Gasteiger charge is 2.64. The molecule has 8 nitrogen and oxygen atoms in total. The van der Waals surface area contributed by atoms with Crippen molar-refractivity contribution in [3.8, 4) is 0 Å². The highest BCUT2D eigenvalue weighted by Crippen LogP contribution is 2.50. The number of carbonyl (C=O) groups excluding carboxylic acids is 1. The number of ketones is 1. The van der Waals surface area contributed by atoms with Crippen LogP contribution in [0.4, 0.5) is 0 Å². The summed E-state index contributed by atoms with van der Waals surface area (Å²) in [6, 6.07) is 0. The van der Waals surface area contributed by atoms with Gasteiger partial charge in [0.1, 0.15) is 30.2 Å². The number of hydrogen-bond acceptors (Lipinski definition) is 8. The fraction of sp³-hybridized carbons (Fsp3) is 0.941. The van der Waals surface area contributed by atoms with E-state index in [2.05, 4.69) is 6.92 Å². The molecule has 2 unspecified atom stereocenters. The van der Waals surface area contributed by atoms with Gasteiger partial charge >= 0.3 is 0 Å². The Morgan fingerprint density at radius 1 is 1.08 bits per heavy atom. The van der Waals surface area contributed by atoms with Gasteiger partial charge in [0.15, 0.2) is 0 Å². The second kappa shape index (κ2) is 6.53. The predicted molar refractivity (Wildman–Crippen MR) is 88.5 cm³/mol. The molecule has 0 aromatic carbocycles. The molecule has 0 aromatic heterocycles. The lowest BCUT2D eigenvalue weighted by Crippen LogP contribution is -2.81. The largest absolute Gasteiger partial charge is 0.394 e. The minimum absolute atomic E-state index is 0.304. The van der Waals surface area contributed by atoms with Gasteiger partial charge in [-0.25, -0.2) is 0 Å². The van der Waals surface area contributed by atoms with E-state index in [9.17, 15) is 25.2 Å². The minimum atomic E-state index is -1.64. The van der Waals surface area contributed by atoms with Crippen molar-refractivity contribution in [1.82, 2.24) is 9.80 Å². The normalized spacial score (nSPS) is 44.6. The Hall–Kier alpha value is -0.610. The zero-order chi connectivity index (χ0) is 18.6. The van der Waals surface area contributed by atoms with E-state index in [1.807, 2.05) is 16.7 Å². The van der Waals surface area contributed by atoms with E-state index in [-0.39, 0.29) is 0 Å². The van der Waals surface area contributed by atoms with Crippen LogP contribution in [0.15, 0.2) is 0 Å². The summed E-state index contributed by atoms with van der Waals surface area (Å²) in [5.41, 5.74) is -0.902. The van der Waals surface area contributed by atoms with Crippen LogP contribution in [-0.4, -0.2) is 104 Å². The Kier molecular flexibility index (Phi) is 5.00. The highest BCUT2D eigenvalue weighted by atomic mass is 16.4. The first-order valence-electron chi connectivity index (χ1n) is 9.05. The van der Waals surface area contributed by atoms with E-state index in [0.29, 0.717) is 32.0 Å². The summed E-state index contributed by atoms with van der Waals surface area (Å²) < 4.78 is 0. The molecule has 0 aliphatic carbocycles. The number of Topliss-reactive ketones (excluding diaryl/α,β-unsaturated/α-hetero) is 1. The van der Waals surface area contributed by atoms with Gasteiger partial charge in [0.2, 0.25) is 0 Å². The molecule has 5 N–H and O–H groups in total. The zero-order valence-electron chi connectivity index (χ0n) is 14.9. The summed E-state index contributed by atoms with van der Waals surface area (Å²) in [6.07, 6.45) is -4.86. The number of nitrogens with zero attached hydrogens (tertiary/aromatic N) is 2. The quantitative estimate of drug-likeness (QED) is 0.346. The van der Waals surface area contributed by atoms with E-state index < -0.39 is 48.0 Å². The molecule has 4 rings (SSSR count). The van der Waals surface area contributed by atoms with Crippen molar-refractivity contribution in [3.63, 3.8) is 0 Å². The van der Waals surface area contributed by atoms with Crippen LogP contribution >= 0.6 is 0 Å². The molecule has 8 heteroatoms. The summed E-state index contributed by atoms with van der Waals surface area (Å²) in [5.74, 6) is 0.304. The molecule has 4 aliphatic rings. The fourth-order valence-corrected chi connectivity index (χ4v) is 5.31. The van der Waals surface area contributed by atoms with E-state index in [4.69, 9.17) is 5.11 Å². The van der Waals surface area contributed by atoms with E-state index in [0.717, 1.165) is 12.8 Å². The molecule has 4 saturated heterocycles. The molecule has 4 bridgehead atoms. The number of piperidine rings is 2. The van der Waals surface area contributed by atoms with Gasteiger partial charge in [-0.1, -0.05) is 20.3 Å². The van der Waals surface area contributed by atoms with Gasteiger partial charge in [0.05, 0.1) is 23.6 Å². The molecule has 4 heterocycles. The van der Waals surface area contributed by atoms with Gasteiger partial charge in [0, 0.05) is 26.2 Å². The van der Waals surface area contributed by atoms with Crippen LogP contribution in [-0.2, 0) is 4.79 Å². The molecule has 144 valence electrons. The van der Waals surface area contributed by atoms with E-state index in [1.54, 1.807) is 0 Å². The molecular formula is C17H30N2O6. The Balaban J connectivity index is 1.82. The number of aliphatic hydroxyl groups excluding tert-OH is 5. The molecular weight excluding hydrogens is 328 g/mol. The SMILES string of the molecule is CCCC12CN3CC(C)(CN(C1)C3[C@H](O)[C@H](O)[C@@H](O)[C@H](O)CO)C2=O. The molecule has 4 aliphatic heterocycles. The number of aliphatic hydroxyl groups is 5. The zero-order valence-corrected chi connectivity index (χ0v) is 14.9. The van der Waals surface area contributed by atoms with Crippen molar-refractivity contribution in [2.75, 3.05) is 32.8 Å². The van der Waals surface area contributed by atoms with E-state index >= 15 is 0 Å². The topological polar surface area (TPSA) is 125 Å². The number of carbonyl (C=O) groups is 1. The van der Waals surface area contributed by atoms with Gasteiger partial charge < -0.3 is 25.5 Å². The lowest BCUT2D eigenvalue weighted by atomic mass is 9.59. The number of rotatable bonds is 7. The van der Waals surface area contributed by atoms with Crippen molar-refractivity contribution in [1.29, 1.82) is 0 Å². The van der Waals surface area contributed by atoms with Gasteiger partial charge in [-0.15, -0.1) is 0 Å². The van der Waals surface area contributed by atoms with Gasteiger partial charge in [-0.3, -0.25) is 14.6 Å². The Morgan fingerprint density at radius 2 is 1.64 bits per heavy atom. The molecule has 0 amide bonds. The first kappa shape index (κ1) is 19.2. The van der Waals surface area contributed by atoms with Gasteiger partial charge in [-0.2, -0.15) is 0 Å². The summed E-state index contributed by atoms with van der Waals surface area (Å²) >= 11 is 0. The molecule has 0 spiro atoms. The first-order valence-corrected chi connectivity index (χ1v) is 9.05. The Bertz CT molecular complexity index is 513. The average Bonchev–Trinajstić information content (AvgIpc) is 2.56. The molecule has 0 saturated carbocycles. The Labute approximate surface area is 147 Å². The smallest absolute Gasteiger partial charge is 0.150 e. The highest BCUT2D eigenvalue weighted by molar-refractivity contribution is 5.93. The van der Waals surface area contributed by atoms with Crippen molar-refractivity contribution in [2.24, 2.45) is 10.8 Å². The maximum Gasteiger partial charge on any atom is 0.150 e. The van der Waals surface area contributed by atoms with Crippen LogP contribution in [0.1, 0.15) is 26.7 Å². The maximum absolute atomic E-state index is 13.0. The third-order valence-electron chi connectivity index (χ3n) is 6.21. The standard InChI is InChI=1S/C17H30N2O6/c1-3-4-17-8-18-6-16(2,15(17)25)7-19(9-17)14(18)13(24)12(23)11(22)10(21)5-20/h10-14,20-24H,3-9H2,1-2H3/t10-,11+,12-,13-,14?,16?,17?/m1/s1. The van der Waals surface area contributed by atoms with Crippen LogP contribution in [0.3, 0.4) is 0 Å². The molecule has 0 radical (unpaired) electrons. The summed E-state index contributed by atoms with van der Waals surface area (Å²) in [5, 5.41) is 49.3. The van der Waals surface area contributed by atoms with Crippen LogP contribution in [0, 0.1) is 10.8 Å². The molecule has 4 fully saturated rings. The fourth-order valence-electron chi connectivity index (χ4n) is 5.31. The van der Waals surface area contributed by atoms with E-state index in [1.165, 1.54) is 0 Å². The van der Waals surface area contributed by atoms with Crippen LogP contribution in [0.25, 0.3) is 0 Å². The second-order valence-electron chi connectivity index (χ2n) is 8.37. The lowest BCUT2D eigenvalue weighted by molar-refractivity contribution is -0.231. The van der Waals surface area contributed by atoms with Crippen molar-refractivity contribution >= 4 is 5.78 Å². The third kappa shape index (κ3) is 2.84. The third-order valence-corrected chi connectivity index (χ3v) is 6.21. The molecule has 25 heavy (non-hydrogen) atoms. The first-order chi connectivity index (χ1) is 11.7. The average molecular weight is 358 g/mol. The van der Waals surface area contributed by atoms with Crippen molar-refractivity contribution in [3.05, 3.63) is 0 Å². The number of hydrogen-bond donors (Lipinski definition) is 5. The second-order valence-corrected chi connectivity index (χ2v) is 8.37. The van der Waals surface area contributed by atoms with Crippen LogP contribution < -0.4 is 0 Å². The van der Waals surface area contributed by atoms with Crippen LogP contribution in [0.5, 0.6) is 0 Å². The monoisotopic (exact) mass is 358 g/mol. The maximum atomic E-state index is 13.0. The summed E-state index contributed by atoms with van der Waals surface area (Å²) in [7, 11) is 0. The summed E-state index contributed by atoms with van der Waals surface area (Å²) in [6.45, 7) is 5.43. The van der Waals surface area contributed by atoms with Crippen molar-refractivity contribution < 1.29 is 30.3 Å². The van der Waals surface area contributed by atoms with Gasteiger partial charge in [0.25, 0.3) is 0 Å².